The van der Waals surface area contributed by atoms with Crippen molar-refractivity contribution in [2.45, 2.75) is 0 Å². The van der Waals surface area contributed by atoms with Gasteiger partial charge in [-0.3, -0.25) is 0 Å². The first-order valence-electron chi connectivity index (χ1n) is 14.4. The van der Waals surface area contributed by atoms with Crippen molar-refractivity contribution in [3.05, 3.63) is 158 Å². The van der Waals surface area contributed by atoms with E-state index in [-0.39, 0.29) is 0 Å². The van der Waals surface area contributed by atoms with E-state index in [0.717, 1.165) is 39.5 Å². The Morgan fingerprint density at radius 1 is 0.372 bits per heavy atom. The summed E-state index contributed by atoms with van der Waals surface area (Å²) in [6.07, 6.45) is 0. The lowest BCUT2D eigenvalue weighted by atomic mass is 9.96. The second kappa shape index (κ2) is 10.8. The van der Waals surface area contributed by atoms with Crippen molar-refractivity contribution in [3.8, 4) is 56.2 Å². The van der Waals surface area contributed by atoms with Crippen molar-refractivity contribution in [2.75, 3.05) is 0 Å². The van der Waals surface area contributed by atoms with Gasteiger partial charge in [-0.05, 0) is 52.6 Å². The van der Waals surface area contributed by atoms with Crippen LogP contribution in [0.25, 0.3) is 76.3 Å². The van der Waals surface area contributed by atoms with Crippen LogP contribution in [0.2, 0.25) is 0 Å². The molecule has 0 N–H and O–H groups in total. The van der Waals surface area contributed by atoms with Crippen LogP contribution in [-0.4, -0.2) is 9.97 Å². The highest BCUT2D eigenvalue weighted by Crippen LogP contribution is 2.40. The van der Waals surface area contributed by atoms with Gasteiger partial charge in [-0.25, -0.2) is 9.97 Å². The standard InChI is InChI=1S/C40H26N2S/c1-3-12-27(13-4-1)29-16-9-18-31(24-29)35-26-36(42-40(41-35)28-14-5-2-6-15-28)32-19-10-17-30(25-32)33-21-11-23-38-39(33)34-20-7-8-22-37(34)43-38/h1-26H. The van der Waals surface area contributed by atoms with Gasteiger partial charge in [-0.1, -0.05) is 127 Å². The smallest absolute Gasteiger partial charge is 0.160 e. The molecule has 8 rings (SSSR count). The number of benzene rings is 6. The van der Waals surface area contributed by atoms with E-state index in [1.54, 1.807) is 0 Å². The Balaban J connectivity index is 1.29. The van der Waals surface area contributed by atoms with Crippen LogP contribution in [0.4, 0.5) is 0 Å². The quantitative estimate of drug-likeness (QED) is 0.207. The van der Waals surface area contributed by atoms with Gasteiger partial charge in [0, 0.05) is 36.9 Å². The zero-order chi connectivity index (χ0) is 28.6. The molecule has 2 nitrogen and oxygen atoms in total. The van der Waals surface area contributed by atoms with Gasteiger partial charge in [0.25, 0.3) is 0 Å². The molecule has 0 amide bonds. The van der Waals surface area contributed by atoms with Crippen LogP contribution < -0.4 is 0 Å². The monoisotopic (exact) mass is 566 g/mol. The third-order valence-corrected chi connectivity index (χ3v) is 9.03. The van der Waals surface area contributed by atoms with E-state index in [0.29, 0.717) is 0 Å². The van der Waals surface area contributed by atoms with Crippen LogP contribution >= 0.6 is 11.3 Å². The molecular formula is C40H26N2S. The van der Waals surface area contributed by atoms with Gasteiger partial charge < -0.3 is 0 Å². The van der Waals surface area contributed by atoms with Crippen molar-refractivity contribution in [1.29, 1.82) is 0 Å². The molecule has 3 heteroatoms. The Labute approximate surface area is 254 Å². The van der Waals surface area contributed by atoms with Gasteiger partial charge in [0.15, 0.2) is 5.82 Å². The minimum absolute atomic E-state index is 0.717. The van der Waals surface area contributed by atoms with Crippen LogP contribution in [0.15, 0.2) is 158 Å². The lowest BCUT2D eigenvalue weighted by Crippen LogP contribution is -1.96. The van der Waals surface area contributed by atoms with Crippen molar-refractivity contribution in [1.82, 2.24) is 9.97 Å². The molecule has 0 bridgehead atoms. The fourth-order valence-corrected chi connectivity index (χ4v) is 6.94. The number of hydrogen-bond donors (Lipinski definition) is 0. The van der Waals surface area contributed by atoms with Gasteiger partial charge in [-0.15, -0.1) is 11.3 Å². The fourth-order valence-electron chi connectivity index (χ4n) is 5.81. The molecule has 0 unspecified atom stereocenters. The Kier molecular flexibility index (Phi) is 6.36. The second-order valence-electron chi connectivity index (χ2n) is 10.6. The van der Waals surface area contributed by atoms with Crippen molar-refractivity contribution >= 4 is 31.5 Å². The third-order valence-electron chi connectivity index (χ3n) is 7.90. The Hall–Kier alpha value is -5.38. The predicted octanol–water partition coefficient (Wildman–Crippen LogP) is 11.2. The molecule has 6 aromatic carbocycles. The summed E-state index contributed by atoms with van der Waals surface area (Å²) in [4.78, 5) is 10.2. The van der Waals surface area contributed by atoms with Crippen molar-refractivity contribution in [2.24, 2.45) is 0 Å². The van der Waals surface area contributed by atoms with E-state index >= 15 is 0 Å². The summed E-state index contributed by atoms with van der Waals surface area (Å²) in [7, 11) is 0. The van der Waals surface area contributed by atoms with Gasteiger partial charge in [-0.2, -0.15) is 0 Å². The van der Waals surface area contributed by atoms with E-state index in [1.165, 1.54) is 36.9 Å². The molecular weight excluding hydrogens is 541 g/mol. The number of fused-ring (bicyclic) bond motifs is 3. The molecule has 2 aromatic heterocycles. The summed E-state index contributed by atoms with van der Waals surface area (Å²) in [6.45, 7) is 0. The summed E-state index contributed by atoms with van der Waals surface area (Å²) >= 11 is 1.85. The number of rotatable bonds is 5. The molecule has 0 radical (unpaired) electrons. The highest BCUT2D eigenvalue weighted by atomic mass is 32.1. The summed E-state index contributed by atoms with van der Waals surface area (Å²) in [6, 6.07) is 55.5. The molecule has 0 atom stereocenters. The molecule has 0 spiro atoms. The number of nitrogens with zero attached hydrogens (tertiary/aromatic N) is 2. The second-order valence-corrected chi connectivity index (χ2v) is 11.7. The third kappa shape index (κ3) is 4.80. The van der Waals surface area contributed by atoms with Crippen molar-refractivity contribution < 1.29 is 0 Å². The van der Waals surface area contributed by atoms with E-state index in [4.69, 9.17) is 9.97 Å². The SMILES string of the molecule is c1ccc(-c2cccc(-c3cc(-c4cccc(-c5cccc6sc7ccccc7c56)c4)nc(-c4ccccc4)n3)c2)cc1. The zero-order valence-electron chi connectivity index (χ0n) is 23.3. The highest BCUT2D eigenvalue weighted by molar-refractivity contribution is 7.25. The molecule has 0 aliphatic rings. The first-order chi connectivity index (χ1) is 21.3. The van der Waals surface area contributed by atoms with E-state index < -0.39 is 0 Å². The maximum atomic E-state index is 5.11. The van der Waals surface area contributed by atoms with Crippen LogP contribution in [0.5, 0.6) is 0 Å². The average Bonchev–Trinajstić information content (AvgIpc) is 3.48. The van der Waals surface area contributed by atoms with E-state index in [2.05, 4.69) is 133 Å². The molecule has 202 valence electrons. The minimum atomic E-state index is 0.717. The Morgan fingerprint density at radius 2 is 0.907 bits per heavy atom. The first-order valence-corrected chi connectivity index (χ1v) is 15.2. The molecule has 43 heavy (non-hydrogen) atoms. The largest absolute Gasteiger partial charge is 0.228 e. The summed E-state index contributed by atoms with van der Waals surface area (Å²) in [5.74, 6) is 0.717. The Morgan fingerprint density at radius 3 is 1.65 bits per heavy atom. The van der Waals surface area contributed by atoms with E-state index in [1.807, 2.05) is 35.6 Å². The fraction of sp³-hybridized carbons (Fsp3) is 0. The van der Waals surface area contributed by atoms with E-state index in [9.17, 15) is 0 Å². The zero-order valence-corrected chi connectivity index (χ0v) is 24.1. The van der Waals surface area contributed by atoms with Crippen LogP contribution in [-0.2, 0) is 0 Å². The average molecular weight is 567 g/mol. The van der Waals surface area contributed by atoms with Crippen LogP contribution in [0.3, 0.4) is 0 Å². The number of thiophene rings is 1. The highest BCUT2D eigenvalue weighted by Gasteiger charge is 2.14. The molecule has 0 fully saturated rings. The lowest BCUT2D eigenvalue weighted by molar-refractivity contribution is 1.18. The van der Waals surface area contributed by atoms with Crippen LogP contribution in [0, 0.1) is 0 Å². The summed E-state index contributed by atoms with van der Waals surface area (Å²) < 4.78 is 2.62. The Bertz CT molecular complexity index is 2230. The molecule has 0 aliphatic heterocycles. The molecule has 0 saturated carbocycles. The minimum Gasteiger partial charge on any atom is -0.228 e. The maximum Gasteiger partial charge on any atom is 0.160 e. The molecule has 0 aliphatic carbocycles. The summed E-state index contributed by atoms with van der Waals surface area (Å²) in [5, 5.41) is 2.61. The molecule has 0 saturated heterocycles. The van der Waals surface area contributed by atoms with Gasteiger partial charge in [0.05, 0.1) is 11.4 Å². The first kappa shape index (κ1) is 25.3. The van der Waals surface area contributed by atoms with Gasteiger partial charge >= 0.3 is 0 Å². The lowest BCUT2D eigenvalue weighted by Gasteiger charge is -2.12. The topological polar surface area (TPSA) is 25.8 Å². The van der Waals surface area contributed by atoms with Gasteiger partial charge in [0.2, 0.25) is 0 Å². The molecule has 8 aromatic rings. The summed E-state index contributed by atoms with van der Waals surface area (Å²) in [5.41, 5.74) is 9.69. The van der Waals surface area contributed by atoms with Crippen LogP contribution in [0.1, 0.15) is 0 Å². The number of hydrogen-bond acceptors (Lipinski definition) is 3. The predicted molar refractivity (Wildman–Crippen MR) is 182 cm³/mol. The van der Waals surface area contributed by atoms with Gasteiger partial charge in [0.1, 0.15) is 0 Å². The van der Waals surface area contributed by atoms with Crippen molar-refractivity contribution in [3.63, 3.8) is 0 Å². The maximum absolute atomic E-state index is 5.11. The normalized spacial score (nSPS) is 11.3. The molecule has 2 heterocycles. The number of aromatic nitrogens is 2.